The zero-order valence-corrected chi connectivity index (χ0v) is 18.5. The Balaban J connectivity index is 6.54. The fraction of sp³-hybridized carbons (Fsp3) is 1.00. The standard InChI is InChI=1S/C13H38N7P2/c1-15(2)13-21(16(3)4,17(5)6)14-22(18(7)8,19(9)10)20(11)12/h13H2,1-12H3/q+1. The first-order valence-electron chi connectivity index (χ1n) is 7.40. The van der Waals surface area contributed by atoms with Gasteiger partial charge in [0.1, 0.15) is 0 Å². The van der Waals surface area contributed by atoms with Crippen LogP contribution in [-0.4, -0.2) is 119 Å². The van der Waals surface area contributed by atoms with Gasteiger partial charge in [0.25, 0.3) is 7.71 Å². The fourth-order valence-corrected chi connectivity index (χ4v) is 11.8. The van der Waals surface area contributed by atoms with E-state index < -0.39 is 15.2 Å². The molecule has 22 heavy (non-hydrogen) atoms. The van der Waals surface area contributed by atoms with E-state index in [1.807, 2.05) is 0 Å². The third-order valence-electron chi connectivity index (χ3n) is 3.63. The van der Waals surface area contributed by atoms with Gasteiger partial charge in [0.15, 0.2) is 6.29 Å². The van der Waals surface area contributed by atoms with E-state index in [1.54, 1.807) is 0 Å². The predicted octanol–water partition coefficient (Wildman–Crippen LogP) is 2.02. The highest BCUT2D eigenvalue weighted by Crippen LogP contribution is 2.72. The molecule has 0 aliphatic heterocycles. The van der Waals surface area contributed by atoms with Crippen molar-refractivity contribution >= 4 is 15.2 Å². The summed E-state index contributed by atoms with van der Waals surface area (Å²) in [5.74, 6) is 0. The van der Waals surface area contributed by atoms with Gasteiger partial charge in [-0.05, 0) is 56.4 Å². The lowest BCUT2D eigenvalue weighted by Crippen LogP contribution is -2.36. The van der Waals surface area contributed by atoms with Gasteiger partial charge in [0.2, 0.25) is 7.51 Å². The summed E-state index contributed by atoms with van der Waals surface area (Å²) in [6.07, 6.45) is 0.935. The van der Waals surface area contributed by atoms with Crippen molar-refractivity contribution in [1.29, 1.82) is 0 Å². The number of hydrogen-bond donors (Lipinski definition) is 0. The molecule has 0 aromatic carbocycles. The smallest absolute Gasteiger partial charge is 0.273 e. The molecule has 0 fully saturated rings. The highest BCUT2D eigenvalue weighted by molar-refractivity contribution is 7.77. The molecule has 0 unspecified atom stereocenters. The average Bonchev–Trinajstić information content (AvgIpc) is 2.31. The topological polar surface area (TPSA) is 31.8 Å². The van der Waals surface area contributed by atoms with Crippen molar-refractivity contribution in [3.05, 3.63) is 0 Å². The highest BCUT2D eigenvalue weighted by atomic mass is 31.2. The molecule has 0 heterocycles. The molecule has 0 saturated heterocycles. The Morgan fingerprint density at radius 3 is 1.14 bits per heavy atom. The minimum absolute atomic E-state index is 0.935. The molecule has 0 bridgehead atoms. The van der Waals surface area contributed by atoms with Crippen LogP contribution in [0.3, 0.4) is 0 Å². The summed E-state index contributed by atoms with van der Waals surface area (Å²) in [5, 5.41) is 0. The maximum Gasteiger partial charge on any atom is 0.292 e. The van der Waals surface area contributed by atoms with Crippen molar-refractivity contribution in [3.8, 4) is 0 Å². The van der Waals surface area contributed by atoms with E-state index in [4.69, 9.17) is 4.52 Å². The highest BCUT2D eigenvalue weighted by Gasteiger charge is 2.50. The lowest BCUT2D eigenvalue weighted by atomic mass is 11.0. The Bertz CT molecular complexity index is 355. The SMILES string of the molecule is CN(C)C[P+](N=P(N(C)C)(N(C)C)N(C)C)(N(C)C)N(C)C. The van der Waals surface area contributed by atoms with Crippen LogP contribution in [0.15, 0.2) is 4.52 Å². The van der Waals surface area contributed by atoms with Gasteiger partial charge < -0.3 is 0 Å². The molecule has 0 saturated carbocycles. The Morgan fingerprint density at radius 1 is 0.636 bits per heavy atom. The maximum absolute atomic E-state index is 5.59. The molecule has 0 aromatic rings. The van der Waals surface area contributed by atoms with Gasteiger partial charge in [-0.1, -0.05) is 4.52 Å². The average molecular weight is 354 g/mol. The Hall–Kier alpha value is 0.420. The minimum atomic E-state index is -1.93. The van der Waals surface area contributed by atoms with Gasteiger partial charge in [0.05, 0.1) is 0 Å². The first-order chi connectivity index (χ1) is 9.84. The first kappa shape index (κ1) is 22.4. The van der Waals surface area contributed by atoms with E-state index in [1.165, 1.54) is 0 Å². The lowest BCUT2D eigenvalue weighted by Gasteiger charge is -2.43. The van der Waals surface area contributed by atoms with Crippen molar-refractivity contribution in [1.82, 2.24) is 28.3 Å². The van der Waals surface area contributed by atoms with Crippen LogP contribution in [-0.2, 0) is 0 Å². The zero-order chi connectivity index (χ0) is 17.9. The summed E-state index contributed by atoms with van der Waals surface area (Å²) in [4.78, 5) is 2.24. The molecule has 0 radical (unpaired) electrons. The molecule has 0 aromatic heterocycles. The molecule has 134 valence electrons. The summed E-state index contributed by atoms with van der Waals surface area (Å²) in [6, 6.07) is 0. The third kappa shape index (κ3) is 4.49. The van der Waals surface area contributed by atoms with Crippen LogP contribution in [0.1, 0.15) is 0 Å². The summed E-state index contributed by atoms with van der Waals surface area (Å²) < 4.78 is 17.1. The van der Waals surface area contributed by atoms with Crippen LogP contribution in [0.25, 0.3) is 0 Å². The van der Waals surface area contributed by atoms with E-state index in [-0.39, 0.29) is 0 Å². The molecular weight excluding hydrogens is 316 g/mol. The summed E-state index contributed by atoms with van der Waals surface area (Å²) in [7, 11) is 21.9. The van der Waals surface area contributed by atoms with E-state index in [0.29, 0.717) is 0 Å². The van der Waals surface area contributed by atoms with E-state index >= 15 is 0 Å². The van der Waals surface area contributed by atoms with Crippen molar-refractivity contribution in [3.63, 3.8) is 0 Å². The first-order valence-corrected chi connectivity index (χ1v) is 10.8. The monoisotopic (exact) mass is 354 g/mol. The van der Waals surface area contributed by atoms with E-state index in [2.05, 4.69) is 113 Å². The molecule has 0 rings (SSSR count). The lowest BCUT2D eigenvalue weighted by molar-refractivity contribution is 0.435. The van der Waals surface area contributed by atoms with Gasteiger partial charge in [0, 0.05) is 28.2 Å². The second-order valence-electron chi connectivity index (χ2n) is 6.78. The predicted molar refractivity (Wildman–Crippen MR) is 103 cm³/mol. The number of hydrogen-bond acceptors (Lipinski definition) is 4. The van der Waals surface area contributed by atoms with Gasteiger partial charge in [-0.3, -0.25) is 4.90 Å². The van der Waals surface area contributed by atoms with E-state index in [9.17, 15) is 0 Å². The Morgan fingerprint density at radius 2 is 0.955 bits per heavy atom. The second kappa shape index (κ2) is 8.50. The third-order valence-corrected chi connectivity index (χ3v) is 12.5. The van der Waals surface area contributed by atoms with Crippen molar-refractivity contribution < 1.29 is 0 Å². The van der Waals surface area contributed by atoms with Crippen molar-refractivity contribution in [2.45, 2.75) is 0 Å². The molecule has 0 atom stereocenters. The second-order valence-corrected chi connectivity index (χ2v) is 14.2. The van der Waals surface area contributed by atoms with Crippen molar-refractivity contribution in [2.75, 3.05) is 90.9 Å². The van der Waals surface area contributed by atoms with Crippen LogP contribution in [0.4, 0.5) is 0 Å². The van der Waals surface area contributed by atoms with Gasteiger partial charge in [-0.25, -0.2) is 14.0 Å². The van der Waals surface area contributed by atoms with Crippen LogP contribution in [0.2, 0.25) is 0 Å². The Labute approximate surface area is 139 Å². The van der Waals surface area contributed by atoms with Gasteiger partial charge >= 0.3 is 0 Å². The van der Waals surface area contributed by atoms with Crippen LogP contribution < -0.4 is 0 Å². The minimum Gasteiger partial charge on any atom is -0.273 e. The molecule has 0 spiro atoms. The van der Waals surface area contributed by atoms with Crippen LogP contribution >= 0.6 is 15.2 Å². The molecular formula is C13H38N7P2+. The molecule has 0 N–H and O–H groups in total. The largest absolute Gasteiger partial charge is 0.292 e. The van der Waals surface area contributed by atoms with Crippen LogP contribution in [0, 0.1) is 0 Å². The summed E-state index contributed by atoms with van der Waals surface area (Å²) in [5.41, 5.74) is 0. The summed E-state index contributed by atoms with van der Waals surface area (Å²) in [6.45, 7) is 0. The Kier molecular flexibility index (Phi) is 8.66. The van der Waals surface area contributed by atoms with Gasteiger partial charge in [-0.15, -0.1) is 9.34 Å². The quantitative estimate of drug-likeness (QED) is 0.620. The molecule has 9 heteroatoms. The normalized spacial score (nSPS) is 14.3. The number of rotatable bonds is 8. The zero-order valence-electron chi connectivity index (χ0n) is 16.7. The molecule has 0 aliphatic carbocycles. The van der Waals surface area contributed by atoms with Crippen molar-refractivity contribution in [2.24, 2.45) is 4.52 Å². The number of nitrogens with zero attached hydrogens (tertiary/aromatic N) is 7. The van der Waals surface area contributed by atoms with Crippen LogP contribution in [0.5, 0.6) is 0 Å². The molecule has 0 aliphatic rings. The maximum atomic E-state index is 5.59. The molecule has 0 amide bonds. The summed E-state index contributed by atoms with van der Waals surface area (Å²) >= 11 is 0. The van der Waals surface area contributed by atoms with E-state index in [0.717, 1.165) is 6.29 Å². The van der Waals surface area contributed by atoms with Gasteiger partial charge in [-0.2, -0.15) is 0 Å². The molecule has 7 nitrogen and oxygen atoms in total. The fourth-order valence-electron chi connectivity index (χ4n) is 2.68.